The number of primary amides is 1. The van der Waals surface area contributed by atoms with Gasteiger partial charge < -0.3 is 5.73 Å². The molecule has 0 aliphatic heterocycles. The van der Waals surface area contributed by atoms with Crippen LogP contribution in [0.5, 0.6) is 0 Å². The van der Waals surface area contributed by atoms with Crippen molar-refractivity contribution in [1.29, 1.82) is 0 Å². The van der Waals surface area contributed by atoms with Gasteiger partial charge in [0.2, 0.25) is 0 Å². The van der Waals surface area contributed by atoms with Crippen molar-refractivity contribution < 1.29 is 9.59 Å². The number of amides is 2. The first-order valence-electron chi connectivity index (χ1n) is 5.98. The Morgan fingerprint density at radius 1 is 1.33 bits per heavy atom. The van der Waals surface area contributed by atoms with E-state index in [-0.39, 0.29) is 5.91 Å². The van der Waals surface area contributed by atoms with Gasteiger partial charge in [0, 0.05) is 12.4 Å². The van der Waals surface area contributed by atoms with E-state index in [9.17, 15) is 9.59 Å². The molecular formula is C12H20N4O2. The van der Waals surface area contributed by atoms with Gasteiger partial charge in [-0.25, -0.2) is 0 Å². The monoisotopic (exact) mass is 252 g/mol. The average Bonchev–Trinajstić information content (AvgIpc) is 2.67. The second kappa shape index (κ2) is 6.20. The first kappa shape index (κ1) is 14.2. The van der Waals surface area contributed by atoms with Crippen LogP contribution in [0.25, 0.3) is 0 Å². The van der Waals surface area contributed by atoms with Crippen LogP contribution in [0.3, 0.4) is 0 Å². The van der Waals surface area contributed by atoms with E-state index in [4.69, 9.17) is 5.73 Å². The first-order valence-corrected chi connectivity index (χ1v) is 5.98. The highest BCUT2D eigenvalue weighted by molar-refractivity contribution is 5.94. The van der Waals surface area contributed by atoms with Crippen LogP contribution in [-0.4, -0.2) is 41.0 Å². The van der Waals surface area contributed by atoms with Crippen LogP contribution in [0.4, 0.5) is 0 Å². The second-order valence-electron chi connectivity index (χ2n) is 4.12. The number of hydrogen-bond acceptors (Lipinski definition) is 3. The van der Waals surface area contributed by atoms with Crippen molar-refractivity contribution in [3.8, 4) is 0 Å². The standard InChI is InChI=1S/C12H20N4O2/c1-4-15(5-2)8-11(17)14-16-6-9(3)10(7-16)12(13)18/h6-7H,4-5,8H2,1-3H3,(H2,13,18)(H,14,17). The molecule has 0 saturated carbocycles. The number of likely N-dealkylation sites (N-methyl/N-ethyl adjacent to an activating group) is 1. The van der Waals surface area contributed by atoms with Crippen molar-refractivity contribution in [2.45, 2.75) is 20.8 Å². The number of carbonyl (C=O) groups excluding carboxylic acids is 2. The minimum atomic E-state index is -0.496. The van der Waals surface area contributed by atoms with Gasteiger partial charge in [0.05, 0.1) is 12.1 Å². The summed E-state index contributed by atoms with van der Waals surface area (Å²) in [5, 5.41) is 0. The summed E-state index contributed by atoms with van der Waals surface area (Å²) in [4.78, 5) is 24.8. The second-order valence-corrected chi connectivity index (χ2v) is 4.12. The number of nitrogens with two attached hydrogens (primary N) is 1. The average molecular weight is 252 g/mol. The maximum atomic E-state index is 11.7. The third kappa shape index (κ3) is 3.59. The number of aromatic nitrogens is 1. The maximum absolute atomic E-state index is 11.7. The third-order valence-electron chi connectivity index (χ3n) is 2.81. The van der Waals surface area contributed by atoms with E-state index in [0.717, 1.165) is 18.7 Å². The normalized spacial score (nSPS) is 10.7. The van der Waals surface area contributed by atoms with Gasteiger partial charge in [-0.15, -0.1) is 0 Å². The predicted molar refractivity (Wildman–Crippen MR) is 69.8 cm³/mol. The van der Waals surface area contributed by atoms with Crippen molar-refractivity contribution in [2.75, 3.05) is 25.1 Å². The van der Waals surface area contributed by atoms with Crippen molar-refractivity contribution in [1.82, 2.24) is 9.58 Å². The molecule has 2 amide bonds. The van der Waals surface area contributed by atoms with Crippen molar-refractivity contribution in [2.24, 2.45) is 5.73 Å². The fourth-order valence-electron chi connectivity index (χ4n) is 1.71. The zero-order chi connectivity index (χ0) is 13.7. The number of rotatable bonds is 6. The van der Waals surface area contributed by atoms with Crippen LogP contribution in [0.15, 0.2) is 12.4 Å². The van der Waals surface area contributed by atoms with Gasteiger partial charge in [-0.1, -0.05) is 13.8 Å². The van der Waals surface area contributed by atoms with E-state index < -0.39 is 5.91 Å². The summed E-state index contributed by atoms with van der Waals surface area (Å²) in [5.74, 6) is -0.617. The Balaban J connectivity index is 2.65. The van der Waals surface area contributed by atoms with Crippen molar-refractivity contribution >= 4 is 11.8 Å². The van der Waals surface area contributed by atoms with Gasteiger partial charge in [0.1, 0.15) is 0 Å². The molecule has 1 aromatic heterocycles. The van der Waals surface area contributed by atoms with Crippen molar-refractivity contribution in [3.63, 3.8) is 0 Å². The summed E-state index contributed by atoms with van der Waals surface area (Å²) in [6, 6.07) is 0. The van der Waals surface area contributed by atoms with Gasteiger partial charge in [-0.3, -0.25) is 24.6 Å². The van der Waals surface area contributed by atoms with E-state index >= 15 is 0 Å². The molecule has 0 radical (unpaired) electrons. The van der Waals surface area contributed by atoms with Crippen LogP contribution < -0.4 is 11.2 Å². The molecule has 1 aromatic rings. The summed E-state index contributed by atoms with van der Waals surface area (Å²) in [5.41, 5.74) is 9.05. The van der Waals surface area contributed by atoms with Crippen molar-refractivity contribution in [3.05, 3.63) is 23.5 Å². The smallest absolute Gasteiger partial charge is 0.252 e. The third-order valence-corrected chi connectivity index (χ3v) is 2.81. The Kier molecular flexibility index (Phi) is 4.91. The number of carbonyl (C=O) groups is 2. The number of hydrogen-bond donors (Lipinski definition) is 2. The zero-order valence-electron chi connectivity index (χ0n) is 11.1. The van der Waals surface area contributed by atoms with Crippen LogP contribution in [0.2, 0.25) is 0 Å². The summed E-state index contributed by atoms with van der Waals surface area (Å²) in [6.45, 7) is 7.75. The topological polar surface area (TPSA) is 80.4 Å². The fourth-order valence-corrected chi connectivity index (χ4v) is 1.71. The van der Waals surface area contributed by atoms with Gasteiger partial charge in [0.25, 0.3) is 11.8 Å². The Morgan fingerprint density at radius 2 is 1.94 bits per heavy atom. The molecule has 0 aliphatic rings. The molecule has 0 spiro atoms. The highest BCUT2D eigenvalue weighted by Crippen LogP contribution is 2.06. The van der Waals surface area contributed by atoms with E-state index in [0.29, 0.717) is 12.1 Å². The predicted octanol–water partition coefficient (Wildman–Crippen LogP) is 0.307. The molecule has 0 fully saturated rings. The molecule has 0 aliphatic carbocycles. The molecule has 0 saturated heterocycles. The summed E-state index contributed by atoms with van der Waals surface area (Å²) < 4.78 is 1.47. The van der Waals surface area contributed by atoms with Gasteiger partial charge in [-0.05, 0) is 25.6 Å². The molecule has 0 bridgehead atoms. The van der Waals surface area contributed by atoms with Crippen LogP contribution >= 0.6 is 0 Å². The van der Waals surface area contributed by atoms with E-state index in [1.54, 1.807) is 13.1 Å². The molecule has 0 aromatic carbocycles. The highest BCUT2D eigenvalue weighted by atomic mass is 16.2. The van der Waals surface area contributed by atoms with E-state index in [1.807, 2.05) is 18.7 Å². The largest absolute Gasteiger partial charge is 0.366 e. The molecule has 1 heterocycles. The van der Waals surface area contributed by atoms with E-state index in [1.165, 1.54) is 10.9 Å². The molecule has 3 N–H and O–H groups in total. The molecule has 0 atom stereocenters. The molecular weight excluding hydrogens is 232 g/mol. The van der Waals surface area contributed by atoms with Gasteiger partial charge in [0.15, 0.2) is 0 Å². The molecule has 6 heteroatoms. The zero-order valence-corrected chi connectivity index (χ0v) is 11.1. The lowest BCUT2D eigenvalue weighted by molar-refractivity contribution is -0.118. The summed E-state index contributed by atoms with van der Waals surface area (Å²) in [7, 11) is 0. The summed E-state index contributed by atoms with van der Waals surface area (Å²) in [6.07, 6.45) is 3.19. The minimum Gasteiger partial charge on any atom is -0.366 e. The number of nitrogens with one attached hydrogen (secondary N) is 1. The quantitative estimate of drug-likeness (QED) is 0.764. The lowest BCUT2D eigenvalue weighted by atomic mass is 10.2. The van der Waals surface area contributed by atoms with Crippen LogP contribution in [0.1, 0.15) is 29.8 Å². The Labute approximate surface area is 107 Å². The minimum absolute atomic E-state index is 0.121. The Bertz CT molecular complexity index is 435. The molecule has 18 heavy (non-hydrogen) atoms. The lowest BCUT2D eigenvalue weighted by Gasteiger charge is -2.17. The SMILES string of the molecule is CCN(CC)CC(=O)Nn1cc(C)c(C(N)=O)c1. The molecule has 0 unspecified atom stereocenters. The first-order chi connectivity index (χ1) is 8.47. The van der Waals surface area contributed by atoms with Crippen LogP contribution in [-0.2, 0) is 4.79 Å². The molecule has 1 rings (SSSR count). The van der Waals surface area contributed by atoms with Gasteiger partial charge in [-0.2, -0.15) is 0 Å². The fraction of sp³-hybridized carbons (Fsp3) is 0.500. The highest BCUT2D eigenvalue weighted by Gasteiger charge is 2.11. The Morgan fingerprint density at radius 3 is 2.39 bits per heavy atom. The van der Waals surface area contributed by atoms with Crippen LogP contribution in [0, 0.1) is 6.92 Å². The number of nitrogens with zero attached hydrogens (tertiary/aromatic N) is 2. The summed E-state index contributed by atoms with van der Waals surface area (Å²) >= 11 is 0. The lowest BCUT2D eigenvalue weighted by Crippen LogP contribution is -2.35. The Hall–Kier alpha value is -1.82. The molecule has 100 valence electrons. The van der Waals surface area contributed by atoms with E-state index in [2.05, 4.69) is 5.43 Å². The number of aryl methyl sites for hydroxylation is 1. The molecule has 6 nitrogen and oxygen atoms in total. The maximum Gasteiger partial charge on any atom is 0.252 e. The van der Waals surface area contributed by atoms with Gasteiger partial charge >= 0.3 is 0 Å².